The van der Waals surface area contributed by atoms with Gasteiger partial charge in [-0.2, -0.15) is 0 Å². The van der Waals surface area contributed by atoms with Crippen LogP contribution in [0.2, 0.25) is 0 Å². The molecule has 2 unspecified atom stereocenters. The first-order valence-corrected chi connectivity index (χ1v) is 8.59. The summed E-state index contributed by atoms with van der Waals surface area (Å²) in [6.45, 7) is 4.75. The first-order valence-electron chi connectivity index (χ1n) is 8.59. The third kappa shape index (κ3) is 4.30. The summed E-state index contributed by atoms with van der Waals surface area (Å²) in [5, 5.41) is 0. The molecular formula is C17H31NO. The maximum absolute atomic E-state index is 11.9. The van der Waals surface area contributed by atoms with Crippen LogP contribution in [0.5, 0.6) is 0 Å². The van der Waals surface area contributed by atoms with Crippen molar-refractivity contribution < 1.29 is 4.79 Å². The van der Waals surface area contributed by atoms with Gasteiger partial charge in [0.1, 0.15) is 5.78 Å². The summed E-state index contributed by atoms with van der Waals surface area (Å²) < 4.78 is 0. The highest BCUT2D eigenvalue weighted by Crippen LogP contribution is 2.33. The van der Waals surface area contributed by atoms with Gasteiger partial charge in [-0.1, -0.05) is 39.0 Å². The highest BCUT2D eigenvalue weighted by molar-refractivity contribution is 5.83. The minimum Gasteiger partial charge on any atom is -0.300 e. The number of carbonyl (C=O) groups excluding carboxylic acids is 1. The molecule has 0 aromatic heterocycles. The Labute approximate surface area is 118 Å². The molecule has 110 valence electrons. The quantitative estimate of drug-likeness (QED) is 0.614. The van der Waals surface area contributed by atoms with Crippen molar-refractivity contribution in [2.45, 2.75) is 83.6 Å². The lowest BCUT2D eigenvalue weighted by atomic mass is 9.95. The predicted octanol–water partition coefficient (Wildman–Crippen LogP) is 4.18. The largest absolute Gasteiger partial charge is 0.300 e. The van der Waals surface area contributed by atoms with Crippen LogP contribution in [0.4, 0.5) is 0 Å². The summed E-state index contributed by atoms with van der Waals surface area (Å²) in [5.74, 6) is 0.947. The lowest BCUT2D eigenvalue weighted by Gasteiger charge is -2.28. The zero-order chi connectivity index (χ0) is 13.5. The average Bonchev–Trinajstić information content (AvgIpc) is 3.02. The maximum Gasteiger partial charge on any atom is 0.137 e. The number of likely N-dealkylation sites (tertiary alicyclic amines) is 1. The Balaban J connectivity index is 1.66. The molecule has 0 bridgehead atoms. The highest BCUT2D eigenvalue weighted by Gasteiger charge is 2.37. The minimum atomic E-state index is 0.391. The van der Waals surface area contributed by atoms with Gasteiger partial charge in [0, 0.05) is 18.4 Å². The molecule has 2 aliphatic rings. The molecule has 2 atom stereocenters. The van der Waals surface area contributed by atoms with Crippen molar-refractivity contribution in [2.24, 2.45) is 5.92 Å². The topological polar surface area (TPSA) is 20.3 Å². The summed E-state index contributed by atoms with van der Waals surface area (Å²) in [6, 6.07) is 0.602. The molecule has 1 saturated heterocycles. The molecule has 1 heterocycles. The smallest absolute Gasteiger partial charge is 0.137 e. The second-order valence-corrected chi connectivity index (χ2v) is 6.48. The normalized spacial score (nSPS) is 28.4. The van der Waals surface area contributed by atoms with Gasteiger partial charge in [-0.25, -0.2) is 0 Å². The molecule has 2 rings (SSSR count). The first kappa shape index (κ1) is 15.0. The number of rotatable bonds is 8. The standard InChI is InChI=1S/C17H31NO/c1-2-3-4-5-6-7-13-18-14-9-11-16(18)15-10-8-12-17(15)19/h15-16H,2-14H2,1H3. The van der Waals surface area contributed by atoms with Crippen LogP contribution < -0.4 is 0 Å². The molecular weight excluding hydrogens is 234 g/mol. The van der Waals surface area contributed by atoms with Crippen LogP contribution in [0.25, 0.3) is 0 Å². The van der Waals surface area contributed by atoms with Crippen molar-refractivity contribution in [3.8, 4) is 0 Å². The molecule has 2 nitrogen and oxygen atoms in total. The van der Waals surface area contributed by atoms with Crippen LogP contribution in [0.3, 0.4) is 0 Å². The highest BCUT2D eigenvalue weighted by atomic mass is 16.1. The molecule has 0 amide bonds. The Morgan fingerprint density at radius 2 is 1.84 bits per heavy atom. The Bertz CT molecular complexity index is 276. The van der Waals surface area contributed by atoms with Crippen molar-refractivity contribution in [3.05, 3.63) is 0 Å². The van der Waals surface area contributed by atoms with Gasteiger partial charge >= 0.3 is 0 Å². The minimum absolute atomic E-state index is 0.391. The zero-order valence-corrected chi connectivity index (χ0v) is 12.7. The van der Waals surface area contributed by atoms with E-state index in [1.165, 1.54) is 64.5 Å². The number of Topliss-reactive ketones (excluding diaryl/α,β-unsaturated/α-hetero) is 1. The average molecular weight is 265 g/mol. The van der Waals surface area contributed by atoms with Crippen LogP contribution >= 0.6 is 0 Å². The summed E-state index contributed by atoms with van der Waals surface area (Å²) >= 11 is 0. The van der Waals surface area contributed by atoms with Crippen LogP contribution in [-0.2, 0) is 4.79 Å². The number of unbranched alkanes of at least 4 members (excludes halogenated alkanes) is 5. The second-order valence-electron chi connectivity index (χ2n) is 6.48. The fourth-order valence-corrected chi connectivity index (χ4v) is 3.93. The third-order valence-corrected chi connectivity index (χ3v) is 5.03. The van der Waals surface area contributed by atoms with Gasteiger partial charge in [0.15, 0.2) is 0 Å². The fourth-order valence-electron chi connectivity index (χ4n) is 3.93. The van der Waals surface area contributed by atoms with Crippen molar-refractivity contribution in [2.75, 3.05) is 13.1 Å². The molecule has 2 fully saturated rings. The van der Waals surface area contributed by atoms with E-state index in [0.29, 0.717) is 17.7 Å². The van der Waals surface area contributed by atoms with Crippen molar-refractivity contribution in [1.29, 1.82) is 0 Å². The molecule has 0 radical (unpaired) electrons. The fraction of sp³-hybridized carbons (Fsp3) is 0.941. The Kier molecular flexibility index (Phi) is 6.36. The maximum atomic E-state index is 11.9. The van der Waals surface area contributed by atoms with Gasteiger partial charge in [0.25, 0.3) is 0 Å². The lowest BCUT2D eigenvalue weighted by Crippen LogP contribution is -2.38. The van der Waals surface area contributed by atoms with Crippen LogP contribution in [-0.4, -0.2) is 29.8 Å². The van der Waals surface area contributed by atoms with Crippen molar-refractivity contribution in [3.63, 3.8) is 0 Å². The SMILES string of the molecule is CCCCCCCCN1CCCC1C1CCCC1=O. The van der Waals surface area contributed by atoms with E-state index in [1.807, 2.05) is 0 Å². The summed E-state index contributed by atoms with van der Waals surface area (Å²) in [5.41, 5.74) is 0. The Morgan fingerprint density at radius 3 is 2.58 bits per heavy atom. The third-order valence-electron chi connectivity index (χ3n) is 5.03. The van der Waals surface area contributed by atoms with E-state index < -0.39 is 0 Å². The van der Waals surface area contributed by atoms with E-state index in [1.54, 1.807) is 0 Å². The van der Waals surface area contributed by atoms with E-state index in [4.69, 9.17) is 0 Å². The molecule has 0 N–H and O–H groups in total. The number of hydrogen-bond donors (Lipinski definition) is 0. The molecule has 0 spiro atoms. The molecule has 0 aromatic carbocycles. The van der Waals surface area contributed by atoms with Crippen LogP contribution in [0, 0.1) is 5.92 Å². The van der Waals surface area contributed by atoms with E-state index in [2.05, 4.69) is 11.8 Å². The zero-order valence-electron chi connectivity index (χ0n) is 12.7. The second kappa shape index (κ2) is 8.04. The molecule has 2 heteroatoms. The van der Waals surface area contributed by atoms with Gasteiger partial charge in [-0.15, -0.1) is 0 Å². The van der Waals surface area contributed by atoms with Gasteiger partial charge in [-0.05, 0) is 45.2 Å². The number of ketones is 1. The van der Waals surface area contributed by atoms with E-state index >= 15 is 0 Å². The van der Waals surface area contributed by atoms with Gasteiger partial charge in [0.2, 0.25) is 0 Å². The van der Waals surface area contributed by atoms with Crippen LogP contribution in [0.15, 0.2) is 0 Å². The van der Waals surface area contributed by atoms with Gasteiger partial charge in [-0.3, -0.25) is 9.69 Å². The Hall–Kier alpha value is -0.370. The number of nitrogens with zero attached hydrogens (tertiary/aromatic N) is 1. The number of hydrogen-bond acceptors (Lipinski definition) is 2. The first-order chi connectivity index (χ1) is 9.33. The van der Waals surface area contributed by atoms with Crippen LogP contribution in [0.1, 0.15) is 77.6 Å². The summed E-state index contributed by atoms with van der Waals surface area (Å²) in [7, 11) is 0. The van der Waals surface area contributed by atoms with E-state index in [9.17, 15) is 4.79 Å². The van der Waals surface area contributed by atoms with Gasteiger partial charge < -0.3 is 0 Å². The molecule has 19 heavy (non-hydrogen) atoms. The van der Waals surface area contributed by atoms with E-state index in [-0.39, 0.29) is 0 Å². The molecule has 1 aliphatic carbocycles. The lowest BCUT2D eigenvalue weighted by molar-refractivity contribution is -0.122. The van der Waals surface area contributed by atoms with Crippen molar-refractivity contribution >= 4 is 5.78 Å². The Morgan fingerprint density at radius 1 is 1.05 bits per heavy atom. The molecule has 0 aromatic rings. The van der Waals surface area contributed by atoms with E-state index in [0.717, 1.165) is 19.3 Å². The van der Waals surface area contributed by atoms with Crippen molar-refractivity contribution in [1.82, 2.24) is 4.90 Å². The summed E-state index contributed by atoms with van der Waals surface area (Å²) in [4.78, 5) is 14.6. The number of carbonyl (C=O) groups is 1. The predicted molar refractivity (Wildman–Crippen MR) is 80.3 cm³/mol. The molecule has 1 saturated carbocycles. The monoisotopic (exact) mass is 265 g/mol. The summed E-state index contributed by atoms with van der Waals surface area (Å²) in [6.07, 6.45) is 14.0. The van der Waals surface area contributed by atoms with Gasteiger partial charge in [0.05, 0.1) is 0 Å². The molecule has 1 aliphatic heterocycles.